The van der Waals surface area contributed by atoms with Crippen LogP contribution in [0, 0.1) is 11.6 Å². The standard InChI is InChI=1S/C9H7F4NO2S/c10-5-2-1-4-3-9(12,13)8(14-17(15)16)6(4)7(5)11/h1-2,8,14H,3H2,(H,15,16)/p-1. The van der Waals surface area contributed by atoms with Crippen molar-refractivity contribution in [1.29, 1.82) is 0 Å². The highest BCUT2D eigenvalue weighted by Crippen LogP contribution is 2.44. The van der Waals surface area contributed by atoms with E-state index in [0.29, 0.717) is 0 Å². The van der Waals surface area contributed by atoms with Crippen molar-refractivity contribution in [3.8, 4) is 0 Å². The SMILES string of the molecule is O=S([O-])NC1c2c(ccc(F)c2F)CC1(F)F. The number of hydrogen-bond donors (Lipinski definition) is 1. The van der Waals surface area contributed by atoms with Gasteiger partial charge in [0.25, 0.3) is 5.92 Å². The lowest BCUT2D eigenvalue weighted by atomic mass is 10.1. The third kappa shape index (κ3) is 2.07. The Bertz CT molecular complexity index is 494. The van der Waals surface area contributed by atoms with Crippen LogP contribution < -0.4 is 4.72 Å². The van der Waals surface area contributed by atoms with Crippen LogP contribution in [0.25, 0.3) is 0 Å². The van der Waals surface area contributed by atoms with Crippen LogP contribution in [-0.4, -0.2) is 14.7 Å². The fourth-order valence-electron chi connectivity index (χ4n) is 1.88. The minimum Gasteiger partial charge on any atom is -0.760 e. The first-order chi connectivity index (χ1) is 7.83. The molecule has 1 N–H and O–H groups in total. The number of hydrogen-bond acceptors (Lipinski definition) is 2. The molecule has 0 fully saturated rings. The van der Waals surface area contributed by atoms with Crippen LogP contribution in [-0.2, 0) is 17.7 Å². The van der Waals surface area contributed by atoms with Gasteiger partial charge in [-0.2, -0.15) is 0 Å². The monoisotopic (exact) mass is 268 g/mol. The van der Waals surface area contributed by atoms with Crippen LogP contribution in [0.4, 0.5) is 17.6 Å². The molecule has 2 rings (SSSR count). The average molecular weight is 268 g/mol. The minimum atomic E-state index is -3.48. The highest BCUT2D eigenvalue weighted by atomic mass is 32.2. The van der Waals surface area contributed by atoms with Gasteiger partial charge in [0.15, 0.2) is 11.6 Å². The molecule has 17 heavy (non-hydrogen) atoms. The Balaban J connectivity index is 2.53. The van der Waals surface area contributed by atoms with Gasteiger partial charge in [0, 0.05) is 23.3 Å². The zero-order valence-corrected chi connectivity index (χ0v) is 8.99. The Morgan fingerprint density at radius 1 is 1.41 bits per heavy atom. The molecule has 0 saturated carbocycles. The largest absolute Gasteiger partial charge is 0.760 e. The molecule has 0 aliphatic heterocycles. The Labute approximate surface area is 96.2 Å². The lowest BCUT2D eigenvalue weighted by molar-refractivity contribution is -0.0195. The fourth-order valence-corrected chi connectivity index (χ4v) is 2.36. The summed E-state index contributed by atoms with van der Waals surface area (Å²) in [7, 11) is 0. The van der Waals surface area contributed by atoms with Crippen molar-refractivity contribution >= 4 is 11.3 Å². The smallest absolute Gasteiger partial charge is 0.272 e. The zero-order chi connectivity index (χ0) is 12.8. The lowest BCUT2D eigenvalue weighted by Crippen LogP contribution is -2.35. The van der Waals surface area contributed by atoms with E-state index in [0.717, 1.165) is 12.1 Å². The molecule has 2 unspecified atom stereocenters. The second kappa shape index (κ2) is 4.04. The molecule has 0 amide bonds. The van der Waals surface area contributed by atoms with Crippen LogP contribution in [0.1, 0.15) is 17.2 Å². The van der Waals surface area contributed by atoms with Crippen LogP contribution >= 0.6 is 0 Å². The highest BCUT2D eigenvalue weighted by molar-refractivity contribution is 7.77. The van der Waals surface area contributed by atoms with Gasteiger partial charge in [-0.1, -0.05) is 6.07 Å². The van der Waals surface area contributed by atoms with Gasteiger partial charge < -0.3 is 4.55 Å². The lowest BCUT2D eigenvalue weighted by Gasteiger charge is -2.22. The molecule has 0 spiro atoms. The summed E-state index contributed by atoms with van der Waals surface area (Å²) in [5.74, 6) is -6.20. The van der Waals surface area contributed by atoms with Crippen molar-refractivity contribution in [2.75, 3.05) is 0 Å². The third-order valence-electron chi connectivity index (χ3n) is 2.57. The van der Waals surface area contributed by atoms with Crippen molar-refractivity contribution < 1.29 is 26.3 Å². The van der Waals surface area contributed by atoms with E-state index in [1.54, 1.807) is 0 Å². The molecule has 0 radical (unpaired) electrons. The van der Waals surface area contributed by atoms with Crippen molar-refractivity contribution in [2.45, 2.75) is 18.4 Å². The molecule has 2 atom stereocenters. The minimum absolute atomic E-state index is 0.100. The van der Waals surface area contributed by atoms with Crippen molar-refractivity contribution in [2.24, 2.45) is 0 Å². The first-order valence-electron chi connectivity index (χ1n) is 4.53. The summed E-state index contributed by atoms with van der Waals surface area (Å²) in [5.41, 5.74) is -0.726. The van der Waals surface area contributed by atoms with E-state index in [1.165, 1.54) is 4.72 Å². The maximum absolute atomic E-state index is 13.4. The Morgan fingerprint density at radius 3 is 2.65 bits per heavy atom. The Morgan fingerprint density at radius 2 is 2.06 bits per heavy atom. The van der Waals surface area contributed by atoms with Gasteiger partial charge in [-0.15, -0.1) is 0 Å². The molecular formula is C9H6F4NO2S-. The van der Waals surface area contributed by atoms with Gasteiger partial charge in [0.05, 0.1) is 0 Å². The summed E-state index contributed by atoms with van der Waals surface area (Å²) in [6.07, 6.45) is -0.825. The molecule has 1 aromatic carbocycles. The molecule has 0 saturated heterocycles. The summed E-state index contributed by atoms with van der Waals surface area (Å²) in [6.45, 7) is 0. The zero-order valence-electron chi connectivity index (χ0n) is 8.18. The first-order valence-corrected chi connectivity index (χ1v) is 5.60. The summed E-state index contributed by atoms with van der Waals surface area (Å²) >= 11 is -2.99. The van der Waals surface area contributed by atoms with Crippen LogP contribution in [0.3, 0.4) is 0 Å². The molecule has 0 aromatic heterocycles. The maximum Gasteiger partial charge on any atom is 0.272 e. The molecule has 94 valence electrons. The van der Waals surface area contributed by atoms with Crippen LogP contribution in [0.2, 0.25) is 0 Å². The Hall–Kier alpha value is -0.990. The molecule has 8 heteroatoms. The number of fused-ring (bicyclic) bond motifs is 1. The first kappa shape index (κ1) is 12.5. The van der Waals surface area contributed by atoms with E-state index in [1.807, 2.05) is 0 Å². The molecule has 3 nitrogen and oxygen atoms in total. The predicted molar refractivity (Wildman–Crippen MR) is 49.8 cm³/mol. The van der Waals surface area contributed by atoms with E-state index in [-0.39, 0.29) is 5.56 Å². The topological polar surface area (TPSA) is 52.2 Å². The van der Waals surface area contributed by atoms with E-state index >= 15 is 0 Å². The summed E-state index contributed by atoms with van der Waals surface area (Å²) in [6, 6.07) is -0.302. The molecule has 0 bridgehead atoms. The maximum atomic E-state index is 13.4. The van der Waals surface area contributed by atoms with E-state index in [2.05, 4.69) is 0 Å². The number of nitrogens with one attached hydrogen (secondary N) is 1. The highest BCUT2D eigenvalue weighted by Gasteiger charge is 2.49. The number of benzene rings is 1. The van der Waals surface area contributed by atoms with Gasteiger partial charge in [0.1, 0.15) is 6.04 Å². The number of alkyl halides is 2. The quantitative estimate of drug-likeness (QED) is 0.654. The van der Waals surface area contributed by atoms with E-state index < -0.39 is 46.8 Å². The molecular weight excluding hydrogens is 262 g/mol. The normalized spacial score (nSPS) is 23.5. The van der Waals surface area contributed by atoms with Crippen molar-refractivity contribution in [3.63, 3.8) is 0 Å². The van der Waals surface area contributed by atoms with Gasteiger partial charge in [-0.05, 0) is 11.6 Å². The summed E-state index contributed by atoms with van der Waals surface area (Å²) < 4.78 is 75.5. The summed E-state index contributed by atoms with van der Waals surface area (Å²) in [4.78, 5) is 0. The summed E-state index contributed by atoms with van der Waals surface area (Å²) in [5, 5.41) is 0. The number of halogens is 4. The van der Waals surface area contributed by atoms with E-state index in [4.69, 9.17) is 0 Å². The van der Waals surface area contributed by atoms with Crippen molar-refractivity contribution in [3.05, 3.63) is 34.9 Å². The van der Waals surface area contributed by atoms with Gasteiger partial charge >= 0.3 is 0 Å². The Kier molecular flexibility index (Phi) is 2.96. The third-order valence-corrected chi connectivity index (χ3v) is 3.00. The molecule has 0 heterocycles. The predicted octanol–water partition coefficient (Wildman–Crippen LogP) is 1.58. The van der Waals surface area contributed by atoms with Crippen LogP contribution in [0.5, 0.6) is 0 Å². The molecule has 1 aromatic rings. The van der Waals surface area contributed by atoms with Gasteiger partial charge in [0.2, 0.25) is 0 Å². The van der Waals surface area contributed by atoms with Crippen LogP contribution in [0.15, 0.2) is 12.1 Å². The van der Waals surface area contributed by atoms with Gasteiger partial charge in [-0.25, -0.2) is 22.3 Å². The number of rotatable bonds is 2. The average Bonchev–Trinajstić information content (AvgIpc) is 2.45. The van der Waals surface area contributed by atoms with Gasteiger partial charge in [-0.3, -0.25) is 4.21 Å². The fraction of sp³-hybridized carbons (Fsp3) is 0.333. The molecule has 1 aliphatic rings. The molecule has 1 aliphatic carbocycles. The second-order valence-corrected chi connectivity index (χ2v) is 4.36. The van der Waals surface area contributed by atoms with Crippen molar-refractivity contribution in [1.82, 2.24) is 4.72 Å². The second-order valence-electron chi connectivity index (χ2n) is 3.66. The van der Waals surface area contributed by atoms with E-state index in [9.17, 15) is 26.3 Å².